The molecule has 1 heterocycles. The molecule has 26 heavy (non-hydrogen) atoms. The van der Waals surface area contributed by atoms with Crippen molar-refractivity contribution in [3.05, 3.63) is 53.7 Å². The Morgan fingerprint density at radius 2 is 1.85 bits per heavy atom. The topological polar surface area (TPSA) is 68.3 Å². The van der Waals surface area contributed by atoms with Crippen LogP contribution >= 0.6 is 11.8 Å². The van der Waals surface area contributed by atoms with Crippen LogP contribution in [0.1, 0.15) is 36.7 Å². The summed E-state index contributed by atoms with van der Waals surface area (Å²) >= 11 is 1.39. The predicted molar refractivity (Wildman–Crippen MR) is 102 cm³/mol. The van der Waals surface area contributed by atoms with E-state index in [0.717, 1.165) is 10.5 Å². The van der Waals surface area contributed by atoms with E-state index in [1.807, 2.05) is 45.0 Å². The second kappa shape index (κ2) is 9.38. The number of aryl methyl sites for hydroxylation is 1. The molecular weight excluding hydrogens is 348 g/mol. The van der Waals surface area contributed by atoms with Crippen molar-refractivity contribution in [2.24, 2.45) is 5.92 Å². The number of esters is 1. The Labute approximate surface area is 158 Å². The average molecular weight is 372 g/mol. The molecule has 1 aromatic carbocycles. The molecule has 0 aliphatic carbocycles. The molecule has 0 radical (unpaired) electrons. The maximum atomic E-state index is 12.5. The number of pyridine rings is 1. The number of ether oxygens (including phenoxy) is 1. The molecule has 0 bridgehead atoms. The average Bonchev–Trinajstić information content (AvgIpc) is 2.61. The lowest BCUT2D eigenvalue weighted by Crippen LogP contribution is -2.37. The number of carbonyl (C=O) groups is 2. The standard InChI is InChI=1S/C20H24N2O3S/c1-13(2)12-22-18(23)15(4)25-20(24)17-6-5-11-21-19(17)26-16-9-7-14(3)8-10-16/h5-11,13,15H,12H2,1-4H3,(H,22,23)/t15-/m0/s1. The van der Waals surface area contributed by atoms with Crippen LogP contribution in [0.25, 0.3) is 0 Å². The SMILES string of the molecule is Cc1ccc(Sc2ncccc2C(=O)O[C@@H](C)C(=O)NCC(C)C)cc1. The zero-order valence-corrected chi connectivity index (χ0v) is 16.3. The van der Waals surface area contributed by atoms with Gasteiger partial charge in [0.25, 0.3) is 5.91 Å². The van der Waals surface area contributed by atoms with Gasteiger partial charge in [0, 0.05) is 17.6 Å². The van der Waals surface area contributed by atoms with Gasteiger partial charge < -0.3 is 10.1 Å². The molecule has 0 saturated carbocycles. The zero-order valence-electron chi connectivity index (χ0n) is 15.5. The second-order valence-corrected chi connectivity index (χ2v) is 7.52. The smallest absolute Gasteiger partial charge is 0.341 e. The summed E-state index contributed by atoms with van der Waals surface area (Å²) in [5, 5.41) is 3.31. The summed E-state index contributed by atoms with van der Waals surface area (Å²) in [4.78, 5) is 29.8. The monoisotopic (exact) mass is 372 g/mol. The lowest BCUT2D eigenvalue weighted by atomic mass is 10.2. The van der Waals surface area contributed by atoms with Crippen molar-refractivity contribution in [3.8, 4) is 0 Å². The number of nitrogens with one attached hydrogen (secondary N) is 1. The Kier molecular flexibility index (Phi) is 7.21. The molecule has 6 heteroatoms. The highest BCUT2D eigenvalue weighted by atomic mass is 32.2. The van der Waals surface area contributed by atoms with Crippen molar-refractivity contribution in [2.45, 2.75) is 43.7 Å². The number of amides is 1. The molecule has 1 N–H and O–H groups in total. The first kappa shape index (κ1) is 20.0. The molecule has 1 amide bonds. The summed E-state index contributed by atoms with van der Waals surface area (Å²) in [5.41, 5.74) is 1.51. The van der Waals surface area contributed by atoms with Gasteiger partial charge in [0.05, 0.1) is 5.56 Å². The quantitative estimate of drug-likeness (QED) is 0.748. The molecule has 1 atom stereocenters. The largest absolute Gasteiger partial charge is 0.449 e. The third-order valence-electron chi connectivity index (χ3n) is 3.56. The van der Waals surface area contributed by atoms with E-state index >= 15 is 0 Å². The van der Waals surface area contributed by atoms with Crippen LogP contribution in [0, 0.1) is 12.8 Å². The van der Waals surface area contributed by atoms with Crippen molar-refractivity contribution >= 4 is 23.6 Å². The van der Waals surface area contributed by atoms with Crippen LogP contribution in [0.5, 0.6) is 0 Å². The van der Waals surface area contributed by atoms with Gasteiger partial charge in [0.2, 0.25) is 0 Å². The summed E-state index contributed by atoms with van der Waals surface area (Å²) in [5.74, 6) is -0.527. The minimum atomic E-state index is -0.862. The van der Waals surface area contributed by atoms with Crippen LogP contribution in [0.4, 0.5) is 0 Å². The number of hydrogen-bond acceptors (Lipinski definition) is 5. The van der Waals surface area contributed by atoms with Crippen molar-refractivity contribution in [2.75, 3.05) is 6.54 Å². The Bertz CT molecular complexity index is 760. The predicted octanol–water partition coefficient (Wildman–Crippen LogP) is 3.86. The highest BCUT2D eigenvalue weighted by molar-refractivity contribution is 7.99. The normalized spacial score (nSPS) is 11.9. The molecule has 0 aliphatic rings. The molecule has 0 saturated heterocycles. The van der Waals surface area contributed by atoms with Gasteiger partial charge in [0.1, 0.15) is 5.03 Å². The van der Waals surface area contributed by atoms with Crippen LogP contribution in [0.15, 0.2) is 52.5 Å². The van der Waals surface area contributed by atoms with Gasteiger partial charge in [-0.15, -0.1) is 0 Å². The molecular formula is C20H24N2O3S. The summed E-state index contributed by atoms with van der Waals surface area (Å²) in [7, 11) is 0. The molecule has 0 fully saturated rings. The van der Waals surface area contributed by atoms with Gasteiger partial charge in [-0.3, -0.25) is 4.79 Å². The van der Waals surface area contributed by atoms with Gasteiger partial charge in [0.15, 0.2) is 6.10 Å². The van der Waals surface area contributed by atoms with E-state index in [1.54, 1.807) is 25.3 Å². The maximum absolute atomic E-state index is 12.5. The highest BCUT2D eigenvalue weighted by Crippen LogP contribution is 2.29. The Morgan fingerprint density at radius 1 is 1.15 bits per heavy atom. The van der Waals surface area contributed by atoms with E-state index < -0.39 is 12.1 Å². The van der Waals surface area contributed by atoms with Crippen LogP contribution in [-0.2, 0) is 9.53 Å². The number of hydrogen-bond donors (Lipinski definition) is 1. The summed E-state index contributed by atoms with van der Waals surface area (Å²) in [6.45, 7) is 8.13. The highest BCUT2D eigenvalue weighted by Gasteiger charge is 2.21. The third kappa shape index (κ3) is 5.88. The number of carbonyl (C=O) groups excluding carboxylic acids is 2. The number of benzene rings is 1. The van der Waals surface area contributed by atoms with E-state index in [9.17, 15) is 9.59 Å². The van der Waals surface area contributed by atoms with Crippen LogP contribution in [0.2, 0.25) is 0 Å². The van der Waals surface area contributed by atoms with E-state index in [1.165, 1.54) is 11.8 Å². The van der Waals surface area contributed by atoms with E-state index in [-0.39, 0.29) is 5.91 Å². The summed E-state index contributed by atoms with van der Waals surface area (Å²) in [6, 6.07) is 11.3. The first-order valence-electron chi connectivity index (χ1n) is 8.55. The van der Waals surface area contributed by atoms with E-state index in [0.29, 0.717) is 23.1 Å². The minimum absolute atomic E-state index is 0.302. The number of rotatable bonds is 7. The molecule has 138 valence electrons. The first-order chi connectivity index (χ1) is 12.4. The molecule has 5 nitrogen and oxygen atoms in total. The van der Waals surface area contributed by atoms with Gasteiger partial charge in [-0.05, 0) is 44.0 Å². The molecule has 2 aromatic rings. The third-order valence-corrected chi connectivity index (χ3v) is 4.59. The fourth-order valence-corrected chi connectivity index (χ4v) is 2.94. The summed E-state index contributed by atoms with van der Waals surface area (Å²) in [6.07, 6.45) is 0.769. The summed E-state index contributed by atoms with van der Waals surface area (Å²) < 4.78 is 5.32. The van der Waals surface area contributed by atoms with Gasteiger partial charge in [-0.1, -0.05) is 43.3 Å². The zero-order chi connectivity index (χ0) is 19.1. The lowest BCUT2D eigenvalue weighted by Gasteiger charge is -2.15. The van der Waals surface area contributed by atoms with Crippen molar-refractivity contribution in [3.63, 3.8) is 0 Å². The Hall–Kier alpha value is -2.34. The Morgan fingerprint density at radius 3 is 2.50 bits per heavy atom. The maximum Gasteiger partial charge on any atom is 0.341 e. The van der Waals surface area contributed by atoms with Crippen LogP contribution in [0.3, 0.4) is 0 Å². The number of nitrogens with zero attached hydrogens (tertiary/aromatic N) is 1. The van der Waals surface area contributed by atoms with Crippen molar-refractivity contribution < 1.29 is 14.3 Å². The van der Waals surface area contributed by atoms with Crippen LogP contribution < -0.4 is 5.32 Å². The lowest BCUT2D eigenvalue weighted by molar-refractivity contribution is -0.129. The Balaban J connectivity index is 2.07. The van der Waals surface area contributed by atoms with E-state index in [4.69, 9.17) is 4.74 Å². The van der Waals surface area contributed by atoms with Gasteiger partial charge >= 0.3 is 5.97 Å². The van der Waals surface area contributed by atoms with Crippen LogP contribution in [-0.4, -0.2) is 29.5 Å². The van der Waals surface area contributed by atoms with E-state index in [2.05, 4.69) is 10.3 Å². The fourth-order valence-electron chi connectivity index (χ4n) is 2.07. The number of aromatic nitrogens is 1. The van der Waals surface area contributed by atoms with Gasteiger partial charge in [-0.2, -0.15) is 0 Å². The minimum Gasteiger partial charge on any atom is -0.449 e. The fraction of sp³-hybridized carbons (Fsp3) is 0.350. The molecule has 1 aromatic heterocycles. The molecule has 2 rings (SSSR count). The second-order valence-electron chi connectivity index (χ2n) is 6.46. The van der Waals surface area contributed by atoms with Crippen molar-refractivity contribution in [1.29, 1.82) is 0 Å². The van der Waals surface area contributed by atoms with Gasteiger partial charge in [-0.25, -0.2) is 9.78 Å². The molecule has 0 unspecified atom stereocenters. The van der Waals surface area contributed by atoms with Crippen molar-refractivity contribution in [1.82, 2.24) is 10.3 Å². The first-order valence-corrected chi connectivity index (χ1v) is 9.36. The molecule has 0 spiro atoms. The molecule has 0 aliphatic heterocycles.